The van der Waals surface area contributed by atoms with Crippen LogP contribution in [0.2, 0.25) is 0 Å². The van der Waals surface area contributed by atoms with Gasteiger partial charge in [0.2, 0.25) is 5.91 Å². The molecule has 0 bridgehead atoms. The smallest absolute Gasteiger partial charge is 0.225 e. The number of likely N-dealkylation sites (N-methyl/N-ethyl adjacent to an activating group) is 1. The molecule has 1 aromatic heterocycles. The number of hydrogen-bond acceptors (Lipinski definition) is 2. The first-order chi connectivity index (χ1) is 5.33. The van der Waals surface area contributed by atoms with Gasteiger partial charge in [0, 0.05) is 13.2 Å². The molecule has 3 heteroatoms. The highest BCUT2D eigenvalue weighted by Gasteiger charge is 1.99. The Bertz CT molecular complexity index is 233. The summed E-state index contributed by atoms with van der Waals surface area (Å²) in [6.45, 7) is 0. The van der Waals surface area contributed by atoms with Gasteiger partial charge in [0.05, 0.1) is 12.1 Å². The second-order valence-electron chi connectivity index (χ2n) is 2.10. The second kappa shape index (κ2) is 3.71. The van der Waals surface area contributed by atoms with E-state index in [1.165, 1.54) is 0 Å². The molecular formula is C8H9N2O. The largest absolute Gasteiger partial charge is 0.359 e. The molecule has 1 heterocycles. The number of rotatable bonds is 2. The summed E-state index contributed by atoms with van der Waals surface area (Å²) in [6, 6.07) is 6.25. The van der Waals surface area contributed by atoms with Crippen LogP contribution in [0, 0.1) is 6.07 Å². The molecule has 0 saturated heterocycles. The molecule has 0 aliphatic carbocycles. The van der Waals surface area contributed by atoms with E-state index in [2.05, 4.69) is 16.4 Å². The van der Waals surface area contributed by atoms with Crippen molar-refractivity contribution in [3.05, 3.63) is 30.1 Å². The van der Waals surface area contributed by atoms with Crippen molar-refractivity contribution in [2.75, 3.05) is 7.05 Å². The van der Waals surface area contributed by atoms with Gasteiger partial charge in [0.15, 0.2) is 0 Å². The van der Waals surface area contributed by atoms with E-state index < -0.39 is 0 Å². The van der Waals surface area contributed by atoms with Crippen LogP contribution in [-0.2, 0) is 11.2 Å². The third-order valence-corrected chi connectivity index (χ3v) is 1.28. The fourth-order valence-electron chi connectivity index (χ4n) is 0.707. The van der Waals surface area contributed by atoms with Crippen LogP contribution in [0.3, 0.4) is 0 Å². The Labute approximate surface area is 65.5 Å². The van der Waals surface area contributed by atoms with Crippen LogP contribution in [0.25, 0.3) is 0 Å². The molecule has 0 fully saturated rings. The molecule has 0 aromatic carbocycles. The highest BCUT2D eigenvalue weighted by Crippen LogP contribution is 1.92. The van der Waals surface area contributed by atoms with E-state index in [1.54, 1.807) is 25.4 Å². The monoisotopic (exact) mass is 149 g/mol. The van der Waals surface area contributed by atoms with Gasteiger partial charge in [-0.3, -0.25) is 9.78 Å². The van der Waals surface area contributed by atoms with Gasteiger partial charge >= 0.3 is 0 Å². The zero-order valence-corrected chi connectivity index (χ0v) is 6.29. The van der Waals surface area contributed by atoms with E-state index in [4.69, 9.17) is 0 Å². The maximum atomic E-state index is 10.8. The fourth-order valence-corrected chi connectivity index (χ4v) is 0.707. The Morgan fingerprint density at radius 2 is 2.64 bits per heavy atom. The van der Waals surface area contributed by atoms with Crippen molar-refractivity contribution in [1.29, 1.82) is 0 Å². The van der Waals surface area contributed by atoms with Gasteiger partial charge in [-0.1, -0.05) is 0 Å². The fraction of sp³-hybridized carbons (Fsp3) is 0.250. The van der Waals surface area contributed by atoms with Crippen molar-refractivity contribution in [3.63, 3.8) is 0 Å². The van der Waals surface area contributed by atoms with E-state index in [0.29, 0.717) is 6.42 Å². The normalized spacial score (nSPS) is 9.18. The van der Waals surface area contributed by atoms with Gasteiger partial charge in [-0.2, -0.15) is 0 Å². The first-order valence-electron chi connectivity index (χ1n) is 3.34. The van der Waals surface area contributed by atoms with Gasteiger partial charge in [-0.15, -0.1) is 0 Å². The molecule has 0 aliphatic rings. The number of amides is 1. The minimum Gasteiger partial charge on any atom is -0.359 e. The first-order valence-corrected chi connectivity index (χ1v) is 3.34. The van der Waals surface area contributed by atoms with Gasteiger partial charge < -0.3 is 5.32 Å². The SMILES string of the molecule is CNC(=O)Cc1c[c]ccn1. The molecule has 0 spiro atoms. The summed E-state index contributed by atoms with van der Waals surface area (Å²) in [7, 11) is 1.61. The molecule has 57 valence electrons. The Kier molecular flexibility index (Phi) is 2.60. The summed E-state index contributed by atoms with van der Waals surface area (Å²) in [4.78, 5) is 14.8. The van der Waals surface area contributed by atoms with Crippen LogP contribution in [0.5, 0.6) is 0 Å². The molecule has 0 saturated carbocycles. The first kappa shape index (κ1) is 7.72. The van der Waals surface area contributed by atoms with Crippen LogP contribution in [0.4, 0.5) is 0 Å². The molecule has 1 radical (unpaired) electrons. The van der Waals surface area contributed by atoms with Crippen molar-refractivity contribution in [2.24, 2.45) is 0 Å². The molecular weight excluding hydrogens is 140 g/mol. The highest BCUT2D eigenvalue weighted by atomic mass is 16.1. The van der Waals surface area contributed by atoms with E-state index >= 15 is 0 Å². The van der Waals surface area contributed by atoms with Gasteiger partial charge in [0.25, 0.3) is 0 Å². The molecule has 1 amide bonds. The lowest BCUT2D eigenvalue weighted by Crippen LogP contribution is -2.20. The predicted octanol–water partition coefficient (Wildman–Crippen LogP) is 0.170. The Morgan fingerprint density at radius 3 is 3.18 bits per heavy atom. The number of carbonyl (C=O) groups excluding carboxylic acids is 1. The second-order valence-corrected chi connectivity index (χ2v) is 2.10. The molecule has 0 atom stereocenters. The van der Waals surface area contributed by atoms with Crippen molar-refractivity contribution in [3.8, 4) is 0 Å². The number of carbonyl (C=O) groups is 1. The average Bonchev–Trinajstić information content (AvgIpc) is 2.06. The molecule has 3 nitrogen and oxygen atoms in total. The van der Waals surface area contributed by atoms with E-state index in [0.717, 1.165) is 5.69 Å². The lowest BCUT2D eigenvalue weighted by Gasteiger charge is -1.96. The van der Waals surface area contributed by atoms with Crippen LogP contribution in [-0.4, -0.2) is 17.9 Å². The standard InChI is InChI=1S/C8H9N2O/c1-9-8(11)6-7-4-2-3-5-10-7/h3-5H,6H2,1H3,(H,9,11). The van der Waals surface area contributed by atoms with Gasteiger partial charge in [-0.25, -0.2) is 0 Å². The Balaban J connectivity index is 2.58. The number of nitrogens with one attached hydrogen (secondary N) is 1. The van der Waals surface area contributed by atoms with Crippen molar-refractivity contribution in [1.82, 2.24) is 10.3 Å². The number of nitrogens with zero attached hydrogens (tertiary/aromatic N) is 1. The maximum Gasteiger partial charge on any atom is 0.225 e. The average molecular weight is 149 g/mol. The topological polar surface area (TPSA) is 42.0 Å². The van der Waals surface area contributed by atoms with Crippen molar-refractivity contribution < 1.29 is 4.79 Å². The van der Waals surface area contributed by atoms with Crippen LogP contribution in [0.15, 0.2) is 18.3 Å². The van der Waals surface area contributed by atoms with Crippen LogP contribution >= 0.6 is 0 Å². The van der Waals surface area contributed by atoms with Crippen molar-refractivity contribution >= 4 is 5.91 Å². The van der Waals surface area contributed by atoms with Gasteiger partial charge in [0.1, 0.15) is 0 Å². The van der Waals surface area contributed by atoms with Gasteiger partial charge in [-0.05, 0) is 18.2 Å². The Morgan fingerprint density at radius 1 is 1.82 bits per heavy atom. The zero-order chi connectivity index (χ0) is 8.10. The van der Waals surface area contributed by atoms with Crippen LogP contribution < -0.4 is 5.32 Å². The Hall–Kier alpha value is -1.38. The summed E-state index contributed by atoms with van der Waals surface area (Å²) in [5, 5.41) is 2.52. The van der Waals surface area contributed by atoms with E-state index in [-0.39, 0.29) is 5.91 Å². The van der Waals surface area contributed by atoms with Crippen LogP contribution in [0.1, 0.15) is 5.69 Å². The summed E-state index contributed by atoms with van der Waals surface area (Å²) >= 11 is 0. The molecule has 1 N–H and O–H groups in total. The summed E-state index contributed by atoms with van der Waals surface area (Å²) < 4.78 is 0. The molecule has 0 aliphatic heterocycles. The number of aromatic nitrogens is 1. The van der Waals surface area contributed by atoms with E-state index in [1.807, 2.05) is 0 Å². The summed E-state index contributed by atoms with van der Waals surface area (Å²) in [5.74, 6) is -0.0305. The predicted molar refractivity (Wildman–Crippen MR) is 40.8 cm³/mol. The summed E-state index contributed by atoms with van der Waals surface area (Å²) in [5.41, 5.74) is 0.742. The molecule has 0 unspecified atom stereocenters. The number of pyridine rings is 1. The molecule has 1 rings (SSSR count). The molecule has 1 aromatic rings. The maximum absolute atomic E-state index is 10.8. The quantitative estimate of drug-likeness (QED) is 0.651. The zero-order valence-electron chi connectivity index (χ0n) is 6.29. The minimum absolute atomic E-state index is 0.0305. The lowest BCUT2D eigenvalue weighted by molar-refractivity contribution is -0.120. The third kappa shape index (κ3) is 2.37. The highest BCUT2D eigenvalue weighted by molar-refractivity contribution is 5.77. The number of hydrogen-bond donors (Lipinski definition) is 1. The van der Waals surface area contributed by atoms with Crippen molar-refractivity contribution in [2.45, 2.75) is 6.42 Å². The minimum atomic E-state index is -0.0305. The third-order valence-electron chi connectivity index (χ3n) is 1.28. The van der Waals surface area contributed by atoms with E-state index in [9.17, 15) is 4.79 Å². The summed E-state index contributed by atoms with van der Waals surface area (Å²) in [6.07, 6.45) is 1.95. The lowest BCUT2D eigenvalue weighted by atomic mass is 10.2. The molecule has 11 heavy (non-hydrogen) atoms.